The Morgan fingerprint density at radius 1 is 1.09 bits per heavy atom. The summed E-state index contributed by atoms with van der Waals surface area (Å²) in [5, 5.41) is 5.61. The molecule has 4 rings (SSSR count). The van der Waals surface area contributed by atoms with Crippen LogP contribution < -0.4 is 14.8 Å². The molecule has 0 atom stereocenters. The first-order valence-electron chi connectivity index (χ1n) is 10.5. The molecule has 32 heavy (non-hydrogen) atoms. The van der Waals surface area contributed by atoms with Gasteiger partial charge in [-0.2, -0.15) is 0 Å². The molecule has 1 N–H and O–H groups in total. The maximum atomic E-state index is 12.6. The van der Waals surface area contributed by atoms with E-state index < -0.39 is 0 Å². The number of thioether (sulfide) groups is 1. The lowest BCUT2D eigenvalue weighted by Gasteiger charge is -2.14. The molecule has 1 heterocycles. The van der Waals surface area contributed by atoms with Gasteiger partial charge in [0.2, 0.25) is 0 Å². The maximum absolute atomic E-state index is 12.6. The van der Waals surface area contributed by atoms with Gasteiger partial charge in [0.25, 0.3) is 5.91 Å². The number of aliphatic imine (C=N–C) groups is 1. The molecule has 0 aliphatic carbocycles. The summed E-state index contributed by atoms with van der Waals surface area (Å²) in [5.74, 6) is 1.28. The van der Waals surface area contributed by atoms with Crippen molar-refractivity contribution in [2.75, 3.05) is 13.2 Å². The van der Waals surface area contributed by atoms with Crippen LogP contribution in [-0.4, -0.2) is 24.3 Å². The Kier molecular flexibility index (Phi) is 7.36. The van der Waals surface area contributed by atoms with E-state index in [2.05, 4.69) is 47.0 Å². The zero-order chi connectivity index (χ0) is 22.5. The lowest BCUT2D eigenvalue weighted by molar-refractivity contribution is -0.115. The van der Waals surface area contributed by atoms with E-state index in [0.717, 1.165) is 37.8 Å². The minimum atomic E-state index is -0.159. The van der Waals surface area contributed by atoms with E-state index in [1.807, 2.05) is 55.5 Å². The van der Waals surface area contributed by atoms with Gasteiger partial charge in [-0.25, -0.2) is 4.99 Å². The van der Waals surface area contributed by atoms with E-state index in [1.165, 1.54) is 11.8 Å². The lowest BCUT2D eigenvalue weighted by atomic mass is 10.1. The number of benzene rings is 3. The van der Waals surface area contributed by atoms with Crippen molar-refractivity contribution in [3.05, 3.63) is 68.6 Å². The van der Waals surface area contributed by atoms with Crippen molar-refractivity contribution in [1.82, 2.24) is 5.32 Å². The van der Waals surface area contributed by atoms with Gasteiger partial charge in [0.05, 0.1) is 27.4 Å². The summed E-state index contributed by atoms with van der Waals surface area (Å²) in [7, 11) is 0. The van der Waals surface area contributed by atoms with E-state index >= 15 is 0 Å². The zero-order valence-electron chi connectivity index (χ0n) is 17.9. The van der Waals surface area contributed by atoms with Crippen LogP contribution in [0.3, 0.4) is 0 Å². The van der Waals surface area contributed by atoms with Crippen LogP contribution in [0.5, 0.6) is 11.5 Å². The fraction of sp³-hybridized carbons (Fsp3) is 0.200. The largest absolute Gasteiger partial charge is 0.490 e. The van der Waals surface area contributed by atoms with Crippen LogP contribution in [0.2, 0.25) is 0 Å². The number of amides is 1. The Labute approximate surface area is 205 Å². The highest BCUT2D eigenvalue weighted by Gasteiger charge is 2.24. The lowest BCUT2D eigenvalue weighted by Crippen LogP contribution is -2.19. The minimum Gasteiger partial charge on any atom is -0.490 e. The van der Waals surface area contributed by atoms with E-state index in [9.17, 15) is 4.79 Å². The minimum absolute atomic E-state index is 0.159. The first-order valence-corrected chi connectivity index (χ1v) is 12.3. The second kappa shape index (κ2) is 10.4. The second-order valence-electron chi connectivity index (χ2n) is 7.09. The van der Waals surface area contributed by atoms with Gasteiger partial charge in [-0.15, -0.1) is 0 Å². The number of hydrogen-bond donors (Lipinski definition) is 1. The Hall–Kier alpha value is -2.52. The molecule has 0 unspecified atom stereocenters. The third-order valence-electron chi connectivity index (χ3n) is 4.72. The molecule has 3 aromatic carbocycles. The standard InChI is InChI=1S/C25H23IN2O3S/c1-3-12-31-23-19(26)13-16(14-21(23)30-4-2)15-22-24(29)28-25(32-22)27-20-11-7-9-17-8-5-6-10-18(17)20/h5-11,13-15H,3-4,12H2,1-2H3,(H,27,28,29)/b22-15-. The highest BCUT2D eigenvalue weighted by Crippen LogP contribution is 2.37. The Morgan fingerprint density at radius 3 is 2.72 bits per heavy atom. The van der Waals surface area contributed by atoms with Crippen molar-refractivity contribution in [2.24, 2.45) is 4.99 Å². The van der Waals surface area contributed by atoms with Crippen molar-refractivity contribution >= 4 is 68.0 Å². The Morgan fingerprint density at radius 2 is 1.91 bits per heavy atom. The summed E-state index contributed by atoms with van der Waals surface area (Å²) in [5.41, 5.74) is 1.71. The quantitative estimate of drug-likeness (QED) is 0.265. The fourth-order valence-electron chi connectivity index (χ4n) is 3.33. The monoisotopic (exact) mass is 558 g/mol. The second-order valence-corrected chi connectivity index (χ2v) is 9.28. The molecule has 5 nitrogen and oxygen atoms in total. The molecule has 164 valence electrons. The van der Waals surface area contributed by atoms with Gasteiger partial charge in [0, 0.05) is 5.39 Å². The number of halogens is 1. The Balaban J connectivity index is 1.63. The number of rotatable bonds is 7. The van der Waals surface area contributed by atoms with Crippen molar-refractivity contribution in [1.29, 1.82) is 0 Å². The SMILES string of the molecule is CCCOc1c(I)cc(/C=C2\SC(=Nc3cccc4ccccc34)NC2=O)cc1OCC. The van der Waals surface area contributed by atoms with Crippen LogP contribution in [0.1, 0.15) is 25.8 Å². The molecule has 0 saturated carbocycles. The van der Waals surface area contributed by atoms with E-state index in [-0.39, 0.29) is 5.91 Å². The highest BCUT2D eigenvalue weighted by molar-refractivity contribution is 14.1. The molecule has 3 aromatic rings. The van der Waals surface area contributed by atoms with Gasteiger partial charge in [0.15, 0.2) is 16.7 Å². The maximum Gasteiger partial charge on any atom is 0.264 e. The van der Waals surface area contributed by atoms with Crippen LogP contribution in [0.25, 0.3) is 16.8 Å². The number of fused-ring (bicyclic) bond motifs is 1. The van der Waals surface area contributed by atoms with Crippen LogP contribution in [0, 0.1) is 3.57 Å². The summed E-state index contributed by atoms with van der Waals surface area (Å²) in [4.78, 5) is 17.9. The Bertz CT molecular complexity index is 1220. The van der Waals surface area contributed by atoms with E-state index in [0.29, 0.717) is 29.0 Å². The molecule has 1 saturated heterocycles. The molecule has 0 spiro atoms. The number of carbonyl (C=O) groups excluding carboxylic acids is 1. The van der Waals surface area contributed by atoms with Gasteiger partial charge in [-0.05, 0) is 82.9 Å². The third-order valence-corrected chi connectivity index (χ3v) is 6.43. The van der Waals surface area contributed by atoms with Gasteiger partial charge in [-0.3, -0.25) is 4.79 Å². The molecule has 1 fully saturated rings. The summed E-state index contributed by atoms with van der Waals surface area (Å²) in [6.45, 7) is 5.18. The third kappa shape index (κ3) is 5.10. The summed E-state index contributed by atoms with van der Waals surface area (Å²) in [6, 6.07) is 18.0. The number of nitrogens with one attached hydrogen (secondary N) is 1. The van der Waals surface area contributed by atoms with Crippen LogP contribution in [0.4, 0.5) is 5.69 Å². The van der Waals surface area contributed by atoms with Crippen molar-refractivity contribution in [2.45, 2.75) is 20.3 Å². The van der Waals surface area contributed by atoms with Gasteiger partial charge < -0.3 is 14.8 Å². The summed E-state index contributed by atoms with van der Waals surface area (Å²) >= 11 is 3.58. The molecule has 1 aliphatic rings. The zero-order valence-corrected chi connectivity index (χ0v) is 20.8. The number of ether oxygens (including phenoxy) is 2. The molecule has 0 bridgehead atoms. The van der Waals surface area contributed by atoms with E-state index in [1.54, 1.807) is 0 Å². The summed E-state index contributed by atoms with van der Waals surface area (Å²) in [6.07, 6.45) is 2.78. The topological polar surface area (TPSA) is 59.9 Å². The van der Waals surface area contributed by atoms with Gasteiger partial charge >= 0.3 is 0 Å². The first-order chi connectivity index (χ1) is 15.6. The van der Waals surface area contributed by atoms with Crippen LogP contribution in [0.15, 0.2) is 64.5 Å². The van der Waals surface area contributed by atoms with Crippen LogP contribution >= 0.6 is 34.4 Å². The normalized spacial score (nSPS) is 16.0. The predicted molar refractivity (Wildman–Crippen MR) is 141 cm³/mol. The average molecular weight is 558 g/mol. The molecule has 1 aliphatic heterocycles. The van der Waals surface area contributed by atoms with Crippen LogP contribution in [-0.2, 0) is 4.79 Å². The van der Waals surface area contributed by atoms with Crippen molar-refractivity contribution < 1.29 is 14.3 Å². The van der Waals surface area contributed by atoms with Gasteiger partial charge in [-0.1, -0.05) is 43.3 Å². The van der Waals surface area contributed by atoms with Crippen molar-refractivity contribution in [3.8, 4) is 11.5 Å². The number of nitrogens with zero attached hydrogens (tertiary/aromatic N) is 1. The number of hydrogen-bond acceptors (Lipinski definition) is 5. The smallest absolute Gasteiger partial charge is 0.264 e. The van der Waals surface area contributed by atoms with Gasteiger partial charge in [0.1, 0.15) is 0 Å². The summed E-state index contributed by atoms with van der Waals surface area (Å²) < 4.78 is 12.6. The van der Waals surface area contributed by atoms with Crippen molar-refractivity contribution in [3.63, 3.8) is 0 Å². The average Bonchev–Trinajstić information content (AvgIpc) is 3.12. The molecular formula is C25H23IN2O3S. The predicted octanol–water partition coefficient (Wildman–Crippen LogP) is 6.52. The molecule has 0 aromatic heterocycles. The molecular weight excluding hydrogens is 535 g/mol. The molecule has 7 heteroatoms. The molecule has 1 amide bonds. The first kappa shape index (κ1) is 22.7. The van der Waals surface area contributed by atoms with E-state index in [4.69, 9.17) is 14.5 Å². The molecule has 0 radical (unpaired) electrons. The number of carbonyl (C=O) groups is 1. The fourth-order valence-corrected chi connectivity index (χ4v) is 4.94. The highest BCUT2D eigenvalue weighted by atomic mass is 127. The number of amidine groups is 1.